The van der Waals surface area contributed by atoms with Crippen molar-refractivity contribution in [3.8, 4) is 0 Å². The van der Waals surface area contributed by atoms with E-state index in [0.29, 0.717) is 5.06 Å². The lowest BCUT2D eigenvalue weighted by Gasteiger charge is -2.21. The molecule has 0 spiro atoms. The first-order valence-corrected chi connectivity index (χ1v) is 8.78. The summed E-state index contributed by atoms with van der Waals surface area (Å²) in [4.78, 5) is 64.5. The lowest BCUT2D eigenvalue weighted by Crippen LogP contribution is -2.47. The minimum atomic E-state index is -0.745. The minimum Gasteiger partial charge on any atom is -0.315 e. The van der Waals surface area contributed by atoms with Crippen LogP contribution in [-0.4, -0.2) is 66.1 Å². The highest BCUT2D eigenvalue weighted by atomic mass is 16.7. The van der Waals surface area contributed by atoms with Crippen molar-refractivity contribution in [1.29, 1.82) is 0 Å². The number of amides is 5. The van der Waals surface area contributed by atoms with Gasteiger partial charge in [-0.15, -0.1) is 5.06 Å². The SMILES string of the molecule is CNC1CCCC1NC(=O)ON1C(=O)CCC1=O.CON1C(=O)CCC1=O. The standard InChI is InChI=1S/C11H17N3O4.C5H7NO3/c1-12-7-3-2-4-8(7)13-11(17)18-14-9(15)5-6-10(14)16;1-9-6-4(7)2-3-5(6)8/h7-8,12H,2-6H2,1H3,(H,13,17);2-3H2,1H3. The molecule has 0 bridgehead atoms. The van der Waals surface area contributed by atoms with E-state index in [-0.39, 0.29) is 49.6 Å². The van der Waals surface area contributed by atoms with E-state index in [9.17, 15) is 24.0 Å². The van der Waals surface area contributed by atoms with Gasteiger partial charge in [-0.05, 0) is 26.3 Å². The number of imide groups is 2. The Morgan fingerprint density at radius 3 is 1.81 bits per heavy atom. The van der Waals surface area contributed by atoms with Crippen molar-refractivity contribution in [3.05, 3.63) is 0 Å². The van der Waals surface area contributed by atoms with Gasteiger partial charge in [-0.3, -0.25) is 24.0 Å². The average Bonchev–Trinajstić information content (AvgIpc) is 3.31. The second-order valence-electron chi connectivity index (χ2n) is 6.30. The zero-order chi connectivity index (χ0) is 20.0. The number of nitrogens with zero attached hydrogens (tertiary/aromatic N) is 2. The molecule has 2 atom stereocenters. The van der Waals surface area contributed by atoms with Crippen LogP contribution in [0.25, 0.3) is 0 Å². The van der Waals surface area contributed by atoms with Gasteiger partial charge in [0.2, 0.25) is 0 Å². The zero-order valence-corrected chi connectivity index (χ0v) is 15.4. The van der Waals surface area contributed by atoms with E-state index < -0.39 is 17.9 Å². The third-order valence-corrected chi connectivity index (χ3v) is 4.56. The summed E-state index contributed by atoms with van der Waals surface area (Å²) in [6.45, 7) is 0. The van der Waals surface area contributed by atoms with E-state index in [0.717, 1.165) is 24.3 Å². The predicted molar refractivity (Wildman–Crippen MR) is 89.3 cm³/mol. The highest BCUT2D eigenvalue weighted by Gasteiger charge is 2.34. The van der Waals surface area contributed by atoms with E-state index in [1.54, 1.807) is 0 Å². The van der Waals surface area contributed by atoms with Gasteiger partial charge in [-0.25, -0.2) is 4.79 Å². The average molecular weight is 384 g/mol. The third kappa shape index (κ3) is 5.23. The Kier molecular flexibility index (Phi) is 7.25. The van der Waals surface area contributed by atoms with Crippen LogP contribution in [0.15, 0.2) is 0 Å². The van der Waals surface area contributed by atoms with Crippen LogP contribution in [0.1, 0.15) is 44.9 Å². The molecule has 1 saturated carbocycles. The highest BCUT2D eigenvalue weighted by Crippen LogP contribution is 2.19. The summed E-state index contributed by atoms with van der Waals surface area (Å²) < 4.78 is 0. The first kappa shape index (κ1) is 20.8. The molecule has 3 aliphatic rings. The van der Waals surface area contributed by atoms with Gasteiger partial charge in [0, 0.05) is 37.8 Å². The Labute approximate surface area is 156 Å². The van der Waals surface area contributed by atoms with Crippen molar-refractivity contribution in [1.82, 2.24) is 20.8 Å². The molecular weight excluding hydrogens is 360 g/mol. The Morgan fingerprint density at radius 2 is 1.37 bits per heavy atom. The van der Waals surface area contributed by atoms with Crippen LogP contribution in [0.3, 0.4) is 0 Å². The van der Waals surface area contributed by atoms with Gasteiger partial charge < -0.3 is 15.5 Å². The molecule has 2 heterocycles. The quantitative estimate of drug-likeness (QED) is 0.626. The molecule has 0 aromatic carbocycles. The van der Waals surface area contributed by atoms with Crippen LogP contribution in [0.4, 0.5) is 4.79 Å². The number of hydrogen-bond donors (Lipinski definition) is 2. The fourth-order valence-electron chi connectivity index (χ4n) is 3.16. The first-order valence-electron chi connectivity index (χ1n) is 8.78. The summed E-state index contributed by atoms with van der Waals surface area (Å²) in [6.07, 6.45) is 2.91. The van der Waals surface area contributed by atoms with Gasteiger partial charge in [-0.2, -0.15) is 5.06 Å². The van der Waals surface area contributed by atoms with Gasteiger partial charge in [0.1, 0.15) is 0 Å². The van der Waals surface area contributed by atoms with Gasteiger partial charge in [0.15, 0.2) is 0 Å². The molecule has 0 aromatic rings. The summed E-state index contributed by atoms with van der Waals surface area (Å²) in [5.41, 5.74) is 0. The van der Waals surface area contributed by atoms with Crippen LogP contribution in [0.2, 0.25) is 0 Å². The molecule has 2 unspecified atom stereocenters. The zero-order valence-electron chi connectivity index (χ0n) is 15.4. The van der Waals surface area contributed by atoms with Crippen molar-refractivity contribution >= 4 is 29.7 Å². The smallest absolute Gasteiger partial charge is 0.315 e. The highest BCUT2D eigenvalue weighted by molar-refractivity contribution is 6.01. The second-order valence-corrected chi connectivity index (χ2v) is 6.30. The summed E-state index contributed by atoms with van der Waals surface area (Å²) in [6, 6.07) is 0.192. The van der Waals surface area contributed by atoms with E-state index in [1.807, 2.05) is 7.05 Å². The van der Waals surface area contributed by atoms with E-state index >= 15 is 0 Å². The van der Waals surface area contributed by atoms with E-state index in [1.165, 1.54) is 7.11 Å². The molecule has 3 rings (SSSR count). The summed E-state index contributed by atoms with van der Waals surface area (Å²) >= 11 is 0. The van der Waals surface area contributed by atoms with Crippen LogP contribution in [0, 0.1) is 0 Å². The van der Waals surface area contributed by atoms with Gasteiger partial charge in [0.25, 0.3) is 23.6 Å². The van der Waals surface area contributed by atoms with Crippen molar-refractivity contribution in [2.75, 3.05) is 14.2 Å². The molecule has 1 aliphatic carbocycles. The number of carbonyl (C=O) groups is 5. The molecule has 11 heteroatoms. The molecule has 0 aromatic heterocycles. The number of likely N-dealkylation sites (N-methyl/N-ethyl adjacent to an activating group) is 1. The van der Waals surface area contributed by atoms with Gasteiger partial charge in [-0.1, -0.05) is 0 Å². The number of hydroxylamine groups is 4. The molecule has 2 aliphatic heterocycles. The van der Waals surface area contributed by atoms with Crippen LogP contribution < -0.4 is 10.6 Å². The number of rotatable bonds is 4. The summed E-state index contributed by atoms with van der Waals surface area (Å²) in [5.74, 6) is -1.43. The number of nitrogens with one attached hydrogen (secondary N) is 2. The monoisotopic (exact) mass is 384 g/mol. The fourth-order valence-corrected chi connectivity index (χ4v) is 3.16. The largest absolute Gasteiger partial charge is 0.432 e. The molecule has 2 saturated heterocycles. The summed E-state index contributed by atoms with van der Waals surface area (Å²) in [5, 5.41) is 7.14. The number of hydrogen-bond acceptors (Lipinski definition) is 8. The lowest BCUT2D eigenvalue weighted by molar-refractivity contribution is -0.179. The maximum atomic E-state index is 11.6. The van der Waals surface area contributed by atoms with Gasteiger partial charge >= 0.3 is 6.09 Å². The third-order valence-electron chi connectivity index (χ3n) is 4.56. The molecular formula is C16H24N4O7. The molecule has 0 radical (unpaired) electrons. The number of carbonyl (C=O) groups excluding carboxylic acids is 5. The Balaban J connectivity index is 0.000000244. The molecule has 150 valence electrons. The second kappa shape index (κ2) is 9.42. The van der Waals surface area contributed by atoms with Crippen molar-refractivity contribution in [3.63, 3.8) is 0 Å². The Morgan fingerprint density at radius 1 is 0.889 bits per heavy atom. The molecule has 11 nitrogen and oxygen atoms in total. The molecule has 3 fully saturated rings. The minimum absolute atomic E-state index is 0.0182. The van der Waals surface area contributed by atoms with Gasteiger partial charge in [0.05, 0.1) is 7.11 Å². The normalized spacial score (nSPS) is 25.0. The maximum absolute atomic E-state index is 11.6. The Hall–Kier alpha value is -2.53. The summed E-state index contributed by atoms with van der Waals surface area (Å²) in [7, 11) is 3.14. The topological polar surface area (TPSA) is 134 Å². The fraction of sp³-hybridized carbons (Fsp3) is 0.688. The van der Waals surface area contributed by atoms with Crippen molar-refractivity contribution in [2.45, 2.75) is 57.0 Å². The lowest BCUT2D eigenvalue weighted by atomic mass is 10.2. The molecule has 27 heavy (non-hydrogen) atoms. The van der Waals surface area contributed by atoms with Crippen LogP contribution in [0.5, 0.6) is 0 Å². The molecule has 2 N–H and O–H groups in total. The maximum Gasteiger partial charge on any atom is 0.432 e. The van der Waals surface area contributed by atoms with Crippen molar-refractivity contribution < 1.29 is 33.6 Å². The van der Waals surface area contributed by atoms with Crippen LogP contribution in [-0.2, 0) is 28.9 Å². The van der Waals surface area contributed by atoms with E-state index in [4.69, 9.17) is 4.84 Å². The Bertz CT molecular complexity index is 592. The molecule has 5 amide bonds. The van der Waals surface area contributed by atoms with Crippen LogP contribution >= 0.6 is 0 Å². The van der Waals surface area contributed by atoms with Crippen molar-refractivity contribution in [2.24, 2.45) is 0 Å². The van der Waals surface area contributed by atoms with E-state index in [2.05, 4.69) is 15.5 Å². The first-order chi connectivity index (χ1) is 12.9. The predicted octanol–water partition coefficient (Wildman–Crippen LogP) is -0.386.